The maximum Gasteiger partial charge on any atom is 0.401 e. The molecule has 0 aromatic rings. The molecular weight excluding hydrogens is 183 g/mol. The van der Waals surface area contributed by atoms with Gasteiger partial charge in [-0.05, 0) is 12.8 Å². The first kappa shape index (κ1) is 10.7. The molecular formula is C7H14F3N3. The van der Waals surface area contributed by atoms with E-state index in [2.05, 4.69) is 5.32 Å². The highest BCUT2D eigenvalue weighted by molar-refractivity contribution is 4.75. The Balaban J connectivity index is 2.16. The van der Waals surface area contributed by atoms with Gasteiger partial charge >= 0.3 is 6.18 Å². The van der Waals surface area contributed by atoms with E-state index in [9.17, 15) is 13.2 Å². The Hall–Kier alpha value is -0.330. The molecule has 0 radical (unpaired) electrons. The van der Waals surface area contributed by atoms with Crippen molar-refractivity contribution >= 4 is 0 Å². The molecule has 78 valence electrons. The molecule has 0 saturated carbocycles. The van der Waals surface area contributed by atoms with Crippen LogP contribution in [0.2, 0.25) is 0 Å². The van der Waals surface area contributed by atoms with Crippen LogP contribution in [0, 0.1) is 0 Å². The molecule has 0 aliphatic carbocycles. The number of nitrogens with one attached hydrogen (secondary N) is 1. The van der Waals surface area contributed by atoms with Crippen LogP contribution in [-0.4, -0.2) is 36.9 Å². The summed E-state index contributed by atoms with van der Waals surface area (Å²) in [5, 5.41) is 4.11. The average molecular weight is 197 g/mol. The van der Waals surface area contributed by atoms with Gasteiger partial charge in [0.1, 0.15) is 0 Å². The highest BCUT2D eigenvalue weighted by Crippen LogP contribution is 2.14. The van der Waals surface area contributed by atoms with Gasteiger partial charge in [0.25, 0.3) is 0 Å². The Morgan fingerprint density at radius 3 is 2.31 bits per heavy atom. The molecule has 1 saturated heterocycles. The van der Waals surface area contributed by atoms with Gasteiger partial charge in [0.05, 0.1) is 6.54 Å². The van der Waals surface area contributed by atoms with Gasteiger partial charge in [-0.2, -0.15) is 13.2 Å². The number of hydrogen-bond acceptors (Lipinski definition) is 3. The van der Waals surface area contributed by atoms with Crippen molar-refractivity contribution in [3.05, 3.63) is 0 Å². The molecule has 1 aliphatic rings. The summed E-state index contributed by atoms with van der Waals surface area (Å²) in [6.45, 7) is 0.424. The summed E-state index contributed by atoms with van der Waals surface area (Å²) < 4.78 is 35.4. The fourth-order valence-corrected chi connectivity index (χ4v) is 1.36. The smallest absolute Gasteiger partial charge is 0.306 e. The number of hydrogen-bond donors (Lipinski definition) is 2. The molecule has 13 heavy (non-hydrogen) atoms. The molecule has 3 N–H and O–H groups in total. The van der Waals surface area contributed by atoms with Crippen LogP contribution in [-0.2, 0) is 0 Å². The second-order valence-electron chi connectivity index (χ2n) is 3.31. The SMILES string of the molecule is NN1CCC(NCC(F)(F)F)CC1. The van der Waals surface area contributed by atoms with Crippen molar-refractivity contribution in [2.75, 3.05) is 19.6 Å². The summed E-state index contributed by atoms with van der Waals surface area (Å²) in [7, 11) is 0. The van der Waals surface area contributed by atoms with Crippen LogP contribution < -0.4 is 11.2 Å². The molecule has 0 aromatic heterocycles. The van der Waals surface area contributed by atoms with E-state index >= 15 is 0 Å². The molecule has 0 atom stereocenters. The third-order valence-corrected chi connectivity index (χ3v) is 2.12. The molecule has 1 fully saturated rings. The van der Waals surface area contributed by atoms with Gasteiger partial charge in [0, 0.05) is 19.1 Å². The molecule has 3 nitrogen and oxygen atoms in total. The first-order valence-corrected chi connectivity index (χ1v) is 4.27. The zero-order chi connectivity index (χ0) is 9.90. The minimum atomic E-state index is -4.11. The normalized spacial score (nSPS) is 22.2. The van der Waals surface area contributed by atoms with E-state index in [1.165, 1.54) is 0 Å². The lowest BCUT2D eigenvalue weighted by Gasteiger charge is -2.29. The van der Waals surface area contributed by atoms with Gasteiger partial charge < -0.3 is 5.32 Å². The zero-order valence-corrected chi connectivity index (χ0v) is 7.27. The third kappa shape index (κ3) is 4.44. The summed E-state index contributed by atoms with van der Waals surface area (Å²) in [6.07, 6.45) is -2.74. The highest BCUT2D eigenvalue weighted by atomic mass is 19.4. The molecule has 0 bridgehead atoms. The minimum Gasteiger partial charge on any atom is -0.306 e. The topological polar surface area (TPSA) is 41.3 Å². The molecule has 0 aromatic carbocycles. The first-order valence-electron chi connectivity index (χ1n) is 4.27. The van der Waals surface area contributed by atoms with Crippen LogP contribution in [0.5, 0.6) is 0 Å². The van der Waals surface area contributed by atoms with Crippen molar-refractivity contribution in [1.29, 1.82) is 0 Å². The summed E-state index contributed by atoms with van der Waals surface area (Å²) in [5.74, 6) is 5.46. The molecule has 0 unspecified atom stereocenters. The number of halogens is 3. The maximum atomic E-state index is 11.8. The van der Waals surface area contributed by atoms with Crippen molar-refractivity contribution in [1.82, 2.24) is 10.3 Å². The second-order valence-corrected chi connectivity index (χ2v) is 3.31. The van der Waals surface area contributed by atoms with Crippen LogP contribution in [0.3, 0.4) is 0 Å². The van der Waals surface area contributed by atoms with Crippen molar-refractivity contribution in [3.63, 3.8) is 0 Å². The van der Waals surface area contributed by atoms with E-state index in [-0.39, 0.29) is 6.04 Å². The Kier molecular flexibility index (Phi) is 3.52. The second kappa shape index (κ2) is 4.26. The Labute approximate surface area is 75.0 Å². The van der Waals surface area contributed by atoms with Crippen LogP contribution in [0.4, 0.5) is 13.2 Å². The number of hydrazine groups is 1. The predicted molar refractivity (Wildman–Crippen MR) is 42.8 cm³/mol. The lowest BCUT2D eigenvalue weighted by atomic mass is 10.1. The summed E-state index contributed by atoms with van der Waals surface area (Å²) in [5.41, 5.74) is 0. The van der Waals surface area contributed by atoms with Gasteiger partial charge in [-0.15, -0.1) is 0 Å². The molecule has 1 heterocycles. The van der Waals surface area contributed by atoms with Gasteiger partial charge in [-0.1, -0.05) is 0 Å². The molecule has 1 aliphatic heterocycles. The quantitative estimate of drug-likeness (QED) is 0.632. The fraction of sp³-hybridized carbons (Fsp3) is 1.00. The van der Waals surface area contributed by atoms with Crippen LogP contribution in [0.25, 0.3) is 0 Å². The number of rotatable bonds is 2. The monoisotopic (exact) mass is 197 g/mol. The van der Waals surface area contributed by atoms with E-state index in [0.29, 0.717) is 25.9 Å². The molecule has 6 heteroatoms. The lowest BCUT2D eigenvalue weighted by molar-refractivity contribution is -0.126. The van der Waals surface area contributed by atoms with Gasteiger partial charge in [0.2, 0.25) is 0 Å². The number of nitrogens with zero attached hydrogens (tertiary/aromatic N) is 1. The van der Waals surface area contributed by atoms with E-state index < -0.39 is 12.7 Å². The summed E-state index contributed by atoms with van der Waals surface area (Å²) >= 11 is 0. The van der Waals surface area contributed by atoms with Crippen LogP contribution >= 0.6 is 0 Å². The van der Waals surface area contributed by atoms with Gasteiger partial charge in [-0.3, -0.25) is 5.84 Å². The van der Waals surface area contributed by atoms with E-state index in [1.807, 2.05) is 0 Å². The molecule has 1 rings (SSSR count). The highest BCUT2D eigenvalue weighted by Gasteiger charge is 2.28. The number of nitrogens with two attached hydrogens (primary N) is 1. The maximum absolute atomic E-state index is 11.8. The van der Waals surface area contributed by atoms with Crippen molar-refractivity contribution in [2.45, 2.75) is 25.1 Å². The van der Waals surface area contributed by atoms with Crippen LogP contribution in [0.15, 0.2) is 0 Å². The third-order valence-electron chi connectivity index (χ3n) is 2.12. The Morgan fingerprint density at radius 2 is 1.85 bits per heavy atom. The largest absolute Gasteiger partial charge is 0.401 e. The van der Waals surface area contributed by atoms with E-state index in [1.54, 1.807) is 5.01 Å². The van der Waals surface area contributed by atoms with Crippen LogP contribution in [0.1, 0.15) is 12.8 Å². The zero-order valence-electron chi connectivity index (χ0n) is 7.27. The predicted octanol–water partition coefficient (Wildman–Crippen LogP) is 0.476. The Bertz CT molecular complexity index is 152. The van der Waals surface area contributed by atoms with Gasteiger partial charge in [-0.25, -0.2) is 5.01 Å². The van der Waals surface area contributed by atoms with E-state index in [0.717, 1.165) is 0 Å². The number of alkyl halides is 3. The van der Waals surface area contributed by atoms with Gasteiger partial charge in [0.15, 0.2) is 0 Å². The number of piperidine rings is 1. The summed E-state index contributed by atoms with van der Waals surface area (Å²) in [6, 6.07) is -0.0403. The Morgan fingerprint density at radius 1 is 1.31 bits per heavy atom. The average Bonchev–Trinajstić information content (AvgIpc) is 2.02. The van der Waals surface area contributed by atoms with Crippen molar-refractivity contribution in [3.8, 4) is 0 Å². The summed E-state index contributed by atoms with van der Waals surface area (Å²) in [4.78, 5) is 0. The van der Waals surface area contributed by atoms with Crippen molar-refractivity contribution in [2.24, 2.45) is 5.84 Å². The molecule has 0 amide bonds. The standard InChI is InChI=1S/C7H14F3N3/c8-7(9,10)5-12-6-1-3-13(11)4-2-6/h6,12H,1-5,11H2. The fourth-order valence-electron chi connectivity index (χ4n) is 1.36. The lowest BCUT2D eigenvalue weighted by Crippen LogP contribution is -2.47. The van der Waals surface area contributed by atoms with Crippen molar-refractivity contribution < 1.29 is 13.2 Å². The minimum absolute atomic E-state index is 0.0403. The van der Waals surface area contributed by atoms with E-state index in [4.69, 9.17) is 5.84 Å². The molecule has 0 spiro atoms. The first-order chi connectivity index (χ1) is 5.97.